The summed E-state index contributed by atoms with van der Waals surface area (Å²) in [5, 5.41) is 21.0. The third kappa shape index (κ3) is 6.87. The first-order valence-electron chi connectivity index (χ1n) is 12.0. The molecule has 1 fully saturated rings. The zero-order chi connectivity index (χ0) is 25.1. The van der Waals surface area contributed by atoms with Gasteiger partial charge in [0.2, 0.25) is 0 Å². The highest BCUT2D eigenvalue weighted by Gasteiger charge is 2.53. The number of rotatable bonds is 12. The van der Waals surface area contributed by atoms with Crippen molar-refractivity contribution in [3.8, 4) is 6.07 Å². The van der Waals surface area contributed by atoms with Crippen LogP contribution in [0.3, 0.4) is 0 Å². The maximum Gasteiger partial charge on any atom is 0.426 e. The van der Waals surface area contributed by atoms with E-state index in [9.17, 15) is 19.5 Å². The van der Waals surface area contributed by atoms with Crippen molar-refractivity contribution in [3.63, 3.8) is 0 Å². The van der Waals surface area contributed by atoms with Crippen LogP contribution >= 0.6 is 0 Å². The van der Waals surface area contributed by atoms with E-state index in [0.717, 1.165) is 30.4 Å². The lowest BCUT2D eigenvalue weighted by atomic mass is 10.1. The first kappa shape index (κ1) is 25.9. The molecule has 0 N–H and O–H groups in total. The predicted molar refractivity (Wildman–Crippen MR) is 130 cm³/mol. The molecule has 0 bridgehead atoms. The van der Waals surface area contributed by atoms with Crippen LogP contribution in [0, 0.1) is 11.3 Å². The highest BCUT2D eigenvalue weighted by Crippen LogP contribution is 2.29. The normalized spacial score (nSPS) is 19.7. The first-order valence-corrected chi connectivity index (χ1v) is 12.0. The van der Waals surface area contributed by atoms with Crippen LogP contribution in [0.25, 0.3) is 0 Å². The topological polar surface area (TPSA) is 101 Å². The quantitative estimate of drug-likeness (QED) is 0.264. The Balaban J connectivity index is 1.77. The van der Waals surface area contributed by atoms with E-state index < -0.39 is 22.6 Å². The highest BCUT2D eigenvalue weighted by atomic mass is 16.4. The lowest BCUT2D eigenvalue weighted by molar-refractivity contribution is -0.805. The molecule has 1 unspecified atom stereocenters. The number of unbranched alkanes of at least 4 members (excludes halogenated alkanes) is 4. The van der Waals surface area contributed by atoms with Crippen molar-refractivity contribution in [2.75, 3.05) is 13.1 Å². The molecule has 0 aromatic heterocycles. The minimum Gasteiger partial charge on any atom is -0.498 e. The second-order valence-corrected chi connectivity index (χ2v) is 8.91. The van der Waals surface area contributed by atoms with E-state index in [4.69, 9.17) is 5.26 Å². The second kappa shape index (κ2) is 12.6. The fourth-order valence-electron chi connectivity index (χ4n) is 4.47. The standard InChI is InChI=1S/C28H31N3O4/c29-18-10-2-1-3-11-19-30-25(16-17-26(32)20-23-12-6-4-7-13-23)22-31(27(30)33,28(34)35)21-24-14-8-5-9-15-24/h4-9,12-17,25H,1-3,10-11,19-22H2/b17-16+/t25-,31?/m0/s1. The molecule has 7 nitrogen and oxygen atoms in total. The summed E-state index contributed by atoms with van der Waals surface area (Å²) in [6, 6.07) is 19.5. The number of amides is 3. The molecule has 35 heavy (non-hydrogen) atoms. The van der Waals surface area contributed by atoms with Gasteiger partial charge < -0.3 is 9.90 Å². The van der Waals surface area contributed by atoms with Gasteiger partial charge in [-0.25, -0.2) is 4.79 Å². The Hall–Kier alpha value is -3.76. The number of nitrogens with zero attached hydrogens (tertiary/aromatic N) is 3. The predicted octanol–water partition coefficient (Wildman–Crippen LogP) is 3.99. The lowest BCUT2D eigenvalue weighted by Crippen LogP contribution is -2.60. The van der Waals surface area contributed by atoms with Gasteiger partial charge in [0.05, 0.1) is 6.07 Å². The van der Waals surface area contributed by atoms with Crippen LogP contribution in [-0.2, 0) is 17.8 Å². The Morgan fingerprint density at radius 1 is 1.00 bits per heavy atom. The molecule has 3 amide bonds. The van der Waals surface area contributed by atoms with E-state index in [0.29, 0.717) is 19.4 Å². The summed E-state index contributed by atoms with van der Waals surface area (Å²) in [4.78, 5) is 40.0. The van der Waals surface area contributed by atoms with Gasteiger partial charge in [0.1, 0.15) is 19.1 Å². The van der Waals surface area contributed by atoms with E-state index in [1.165, 1.54) is 6.08 Å². The molecule has 0 aliphatic carbocycles. The number of quaternary nitrogens is 1. The number of allylic oxidation sites excluding steroid dienone is 1. The molecule has 1 aliphatic rings. The zero-order valence-corrected chi connectivity index (χ0v) is 19.8. The van der Waals surface area contributed by atoms with E-state index in [1.54, 1.807) is 35.2 Å². The van der Waals surface area contributed by atoms with Gasteiger partial charge in [0, 0.05) is 24.9 Å². The van der Waals surface area contributed by atoms with Gasteiger partial charge >= 0.3 is 6.03 Å². The van der Waals surface area contributed by atoms with Crippen molar-refractivity contribution in [3.05, 3.63) is 83.9 Å². The Morgan fingerprint density at radius 2 is 1.63 bits per heavy atom. The van der Waals surface area contributed by atoms with Crippen molar-refractivity contribution in [2.24, 2.45) is 0 Å². The zero-order valence-electron chi connectivity index (χ0n) is 19.8. The number of carboxylic acid groups (broad SMARTS) is 1. The van der Waals surface area contributed by atoms with Crippen LogP contribution in [0.2, 0.25) is 0 Å². The van der Waals surface area contributed by atoms with E-state index in [2.05, 4.69) is 6.07 Å². The molecule has 1 saturated heterocycles. The van der Waals surface area contributed by atoms with Crippen LogP contribution in [0.15, 0.2) is 72.8 Å². The molecule has 182 valence electrons. The fourth-order valence-corrected chi connectivity index (χ4v) is 4.47. The summed E-state index contributed by atoms with van der Waals surface area (Å²) in [5.74, 6) is -0.110. The van der Waals surface area contributed by atoms with Gasteiger partial charge in [-0.3, -0.25) is 9.69 Å². The van der Waals surface area contributed by atoms with E-state index in [1.807, 2.05) is 36.4 Å². The average Bonchev–Trinajstić information content (AvgIpc) is 3.13. The van der Waals surface area contributed by atoms with Crippen molar-refractivity contribution < 1.29 is 24.0 Å². The van der Waals surface area contributed by atoms with Gasteiger partial charge in [0.15, 0.2) is 5.78 Å². The number of carbonyl (C=O) groups is 3. The summed E-state index contributed by atoms with van der Waals surface area (Å²) in [7, 11) is 0. The van der Waals surface area contributed by atoms with Gasteiger partial charge in [-0.15, -0.1) is 0 Å². The number of imide groups is 1. The average molecular weight is 474 g/mol. The summed E-state index contributed by atoms with van der Waals surface area (Å²) in [5.41, 5.74) is 1.62. The molecule has 1 aliphatic heterocycles. The van der Waals surface area contributed by atoms with Crippen molar-refractivity contribution in [1.29, 1.82) is 5.26 Å². The van der Waals surface area contributed by atoms with Crippen LogP contribution in [0.1, 0.15) is 43.2 Å². The number of nitriles is 1. The molecule has 1 heterocycles. The van der Waals surface area contributed by atoms with Crippen molar-refractivity contribution in [2.45, 2.75) is 51.1 Å². The molecule has 2 aromatic carbocycles. The van der Waals surface area contributed by atoms with Gasteiger partial charge in [-0.1, -0.05) is 79.6 Å². The Labute approximate surface area is 206 Å². The smallest absolute Gasteiger partial charge is 0.426 e. The molecule has 7 heteroatoms. The third-order valence-corrected chi connectivity index (χ3v) is 6.32. The second-order valence-electron chi connectivity index (χ2n) is 8.91. The maximum absolute atomic E-state index is 13.5. The number of urea groups is 1. The van der Waals surface area contributed by atoms with Crippen LogP contribution in [0.4, 0.5) is 9.59 Å². The Kier molecular flexibility index (Phi) is 9.33. The monoisotopic (exact) mass is 473 g/mol. The largest absolute Gasteiger partial charge is 0.498 e. The Bertz CT molecular complexity index is 1080. The van der Waals surface area contributed by atoms with Gasteiger partial charge in [-0.05, 0) is 24.5 Å². The minimum absolute atomic E-state index is 0.000387. The molecular formula is C28H31N3O4. The molecule has 3 rings (SSSR count). The third-order valence-electron chi connectivity index (χ3n) is 6.32. The summed E-state index contributed by atoms with van der Waals surface area (Å²) in [6.45, 7) is 0.373. The van der Waals surface area contributed by atoms with Crippen LogP contribution < -0.4 is 5.11 Å². The molecule has 0 spiro atoms. The molecule has 2 atom stereocenters. The van der Waals surface area contributed by atoms with Gasteiger partial charge in [0.25, 0.3) is 6.09 Å². The van der Waals surface area contributed by atoms with Crippen molar-refractivity contribution >= 4 is 17.9 Å². The number of hydrogen-bond donors (Lipinski definition) is 0. The highest BCUT2D eigenvalue weighted by molar-refractivity contribution is 5.91. The minimum atomic E-state index is -1.44. The Morgan fingerprint density at radius 3 is 2.26 bits per heavy atom. The molecular weight excluding hydrogens is 442 g/mol. The number of carbonyl (C=O) groups excluding carboxylic acids is 3. The summed E-state index contributed by atoms with van der Waals surface area (Å²) < 4.78 is -0.833. The first-order chi connectivity index (χ1) is 17.0. The van der Waals surface area contributed by atoms with Crippen LogP contribution in [0.5, 0.6) is 0 Å². The SMILES string of the molecule is N#CCCCCCCN1C(=O)[N+](Cc2ccccc2)(C(=O)[O-])C[C@@H]1/C=C/C(=O)Cc1ccccc1. The summed E-state index contributed by atoms with van der Waals surface area (Å²) >= 11 is 0. The van der Waals surface area contributed by atoms with Gasteiger partial charge in [-0.2, -0.15) is 9.74 Å². The summed E-state index contributed by atoms with van der Waals surface area (Å²) in [6.07, 6.45) is 5.61. The molecule has 0 saturated carbocycles. The number of benzene rings is 2. The number of hydrogen-bond acceptors (Lipinski definition) is 5. The fraction of sp³-hybridized carbons (Fsp3) is 0.357. The van der Waals surface area contributed by atoms with Crippen molar-refractivity contribution in [1.82, 2.24) is 4.90 Å². The number of ketones is 1. The molecule has 0 radical (unpaired) electrons. The van der Waals surface area contributed by atoms with E-state index >= 15 is 0 Å². The lowest BCUT2D eigenvalue weighted by Gasteiger charge is -2.30. The van der Waals surface area contributed by atoms with Crippen LogP contribution in [-0.4, -0.2) is 46.4 Å². The molecule has 2 aromatic rings. The van der Waals surface area contributed by atoms with E-state index in [-0.39, 0.29) is 25.3 Å². The maximum atomic E-state index is 13.5.